The van der Waals surface area contributed by atoms with Crippen LogP contribution in [0.15, 0.2) is 24.3 Å². The maximum absolute atomic E-state index is 10.7. The minimum absolute atomic E-state index is 0.266. The Labute approximate surface area is 75.8 Å². The number of carbonyl (C=O) groups is 1. The SMILES string of the molecule is CC(=O)[C@@H](O)c1ccc(Cl)cc1. The van der Waals surface area contributed by atoms with Gasteiger partial charge < -0.3 is 5.11 Å². The van der Waals surface area contributed by atoms with E-state index in [1.807, 2.05) is 0 Å². The minimum atomic E-state index is -1.03. The molecule has 64 valence electrons. The first-order valence-corrected chi connectivity index (χ1v) is 3.93. The second-order valence-corrected chi connectivity index (χ2v) is 3.00. The molecule has 0 spiro atoms. The topological polar surface area (TPSA) is 37.3 Å². The van der Waals surface area contributed by atoms with Gasteiger partial charge in [0.2, 0.25) is 0 Å². The van der Waals surface area contributed by atoms with Gasteiger partial charge in [-0.2, -0.15) is 0 Å². The number of benzene rings is 1. The van der Waals surface area contributed by atoms with Gasteiger partial charge >= 0.3 is 0 Å². The standard InChI is InChI=1S/C9H9ClO2/c1-6(11)9(12)7-2-4-8(10)5-3-7/h2-5,9,12H,1H3/t9-/m1/s1. The van der Waals surface area contributed by atoms with Crippen LogP contribution in [0, 0.1) is 0 Å². The molecule has 0 aliphatic heterocycles. The van der Waals surface area contributed by atoms with Crippen molar-refractivity contribution in [3.8, 4) is 0 Å². The second-order valence-electron chi connectivity index (χ2n) is 2.56. The first-order valence-electron chi connectivity index (χ1n) is 3.55. The largest absolute Gasteiger partial charge is 0.381 e. The Hall–Kier alpha value is -0.860. The smallest absolute Gasteiger partial charge is 0.162 e. The molecule has 0 aromatic heterocycles. The molecule has 0 aliphatic rings. The van der Waals surface area contributed by atoms with E-state index in [-0.39, 0.29) is 5.78 Å². The van der Waals surface area contributed by atoms with Crippen LogP contribution >= 0.6 is 11.6 Å². The Balaban J connectivity index is 2.89. The Morgan fingerprint density at radius 1 is 1.42 bits per heavy atom. The van der Waals surface area contributed by atoms with Gasteiger partial charge in [0.25, 0.3) is 0 Å². The van der Waals surface area contributed by atoms with E-state index in [0.717, 1.165) is 0 Å². The highest BCUT2D eigenvalue weighted by Gasteiger charge is 2.11. The highest BCUT2D eigenvalue weighted by atomic mass is 35.5. The molecule has 0 aliphatic carbocycles. The van der Waals surface area contributed by atoms with E-state index < -0.39 is 6.10 Å². The summed E-state index contributed by atoms with van der Waals surface area (Å²) < 4.78 is 0. The van der Waals surface area contributed by atoms with E-state index >= 15 is 0 Å². The summed E-state index contributed by atoms with van der Waals surface area (Å²) in [5, 5.41) is 9.89. The molecule has 3 heteroatoms. The second kappa shape index (κ2) is 3.70. The Morgan fingerprint density at radius 3 is 2.33 bits per heavy atom. The lowest BCUT2D eigenvalue weighted by molar-refractivity contribution is -0.125. The zero-order valence-electron chi connectivity index (χ0n) is 6.62. The average molecular weight is 185 g/mol. The average Bonchev–Trinajstić information content (AvgIpc) is 2.04. The summed E-state index contributed by atoms with van der Waals surface area (Å²) in [5.74, 6) is -0.266. The van der Waals surface area contributed by atoms with Crippen molar-refractivity contribution in [3.63, 3.8) is 0 Å². The van der Waals surface area contributed by atoms with Crippen LogP contribution < -0.4 is 0 Å². The van der Waals surface area contributed by atoms with Gasteiger partial charge in [-0.25, -0.2) is 0 Å². The predicted molar refractivity (Wildman–Crippen MR) is 47.1 cm³/mol. The van der Waals surface area contributed by atoms with Gasteiger partial charge in [-0.05, 0) is 24.6 Å². The van der Waals surface area contributed by atoms with Gasteiger partial charge in [0.1, 0.15) is 6.10 Å². The monoisotopic (exact) mass is 184 g/mol. The highest BCUT2D eigenvalue weighted by Crippen LogP contribution is 2.16. The van der Waals surface area contributed by atoms with Crippen LogP contribution in [0.4, 0.5) is 0 Å². The molecule has 0 radical (unpaired) electrons. The number of ketones is 1. The van der Waals surface area contributed by atoms with Gasteiger partial charge in [-0.1, -0.05) is 23.7 Å². The lowest BCUT2D eigenvalue weighted by Crippen LogP contribution is -2.06. The van der Waals surface area contributed by atoms with Crippen molar-refractivity contribution in [3.05, 3.63) is 34.9 Å². The fourth-order valence-corrected chi connectivity index (χ4v) is 1.01. The third-order valence-corrected chi connectivity index (χ3v) is 1.82. The highest BCUT2D eigenvalue weighted by molar-refractivity contribution is 6.30. The molecular formula is C9H9ClO2. The lowest BCUT2D eigenvalue weighted by Gasteiger charge is -2.05. The van der Waals surface area contributed by atoms with Crippen LogP contribution in [0.25, 0.3) is 0 Å². The molecule has 1 aromatic carbocycles. The van der Waals surface area contributed by atoms with Crippen LogP contribution in [0.3, 0.4) is 0 Å². The molecule has 0 heterocycles. The van der Waals surface area contributed by atoms with Gasteiger partial charge in [0, 0.05) is 5.02 Å². The third-order valence-electron chi connectivity index (χ3n) is 1.57. The van der Waals surface area contributed by atoms with E-state index in [1.165, 1.54) is 6.92 Å². The van der Waals surface area contributed by atoms with E-state index in [0.29, 0.717) is 10.6 Å². The number of Topliss-reactive ketones (excluding diaryl/α,β-unsaturated/α-hetero) is 1. The first kappa shape index (κ1) is 9.23. The van der Waals surface area contributed by atoms with E-state index in [1.54, 1.807) is 24.3 Å². The van der Waals surface area contributed by atoms with E-state index in [2.05, 4.69) is 0 Å². The molecule has 2 nitrogen and oxygen atoms in total. The van der Waals surface area contributed by atoms with Crippen LogP contribution in [0.5, 0.6) is 0 Å². The summed E-state index contributed by atoms with van der Waals surface area (Å²) in [4.78, 5) is 10.7. The quantitative estimate of drug-likeness (QED) is 0.763. The van der Waals surface area contributed by atoms with E-state index in [9.17, 15) is 9.90 Å². The van der Waals surface area contributed by atoms with Crippen molar-refractivity contribution in [2.75, 3.05) is 0 Å². The Bertz CT molecular complexity index is 279. The third kappa shape index (κ3) is 2.06. The number of rotatable bonds is 2. The summed E-state index contributed by atoms with van der Waals surface area (Å²) >= 11 is 5.63. The molecule has 1 rings (SSSR count). The molecule has 1 N–H and O–H groups in total. The first-order chi connectivity index (χ1) is 5.61. The number of hydrogen-bond donors (Lipinski definition) is 1. The predicted octanol–water partition coefficient (Wildman–Crippen LogP) is 1.96. The van der Waals surface area contributed by atoms with Crippen LogP contribution in [-0.4, -0.2) is 10.9 Å². The van der Waals surface area contributed by atoms with Gasteiger partial charge in [-0.3, -0.25) is 4.79 Å². The van der Waals surface area contributed by atoms with Crippen molar-refractivity contribution in [1.29, 1.82) is 0 Å². The fourth-order valence-electron chi connectivity index (χ4n) is 0.880. The van der Waals surface area contributed by atoms with Crippen LogP contribution in [0.1, 0.15) is 18.6 Å². The molecule has 1 atom stereocenters. The number of aliphatic hydroxyl groups is 1. The van der Waals surface area contributed by atoms with Crippen molar-refractivity contribution >= 4 is 17.4 Å². The van der Waals surface area contributed by atoms with Crippen molar-refractivity contribution in [2.45, 2.75) is 13.0 Å². The zero-order valence-corrected chi connectivity index (χ0v) is 7.38. The number of hydrogen-bond acceptors (Lipinski definition) is 2. The van der Waals surface area contributed by atoms with Crippen molar-refractivity contribution in [1.82, 2.24) is 0 Å². The number of carbonyl (C=O) groups excluding carboxylic acids is 1. The number of halogens is 1. The zero-order chi connectivity index (χ0) is 9.14. The molecule has 1 aromatic rings. The summed E-state index contributed by atoms with van der Waals surface area (Å²) in [6, 6.07) is 6.55. The summed E-state index contributed by atoms with van der Waals surface area (Å²) in [7, 11) is 0. The lowest BCUT2D eigenvalue weighted by atomic mass is 10.1. The molecule has 0 saturated heterocycles. The minimum Gasteiger partial charge on any atom is -0.381 e. The molecule has 12 heavy (non-hydrogen) atoms. The molecule has 0 unspecified atom stereocenters. The van der Waals surface area contributed by atoms with Gasteiger partial charge in [0.05, 0.1) is 0 Å². The summed E-state index contributed by atoms with van der Waals surface area (Å²) in [6.45, 7) is 1.35. The summed E-state index contributed by atoms with van der Waals surface area (Å²) in [5.41, 5.74) is 0.576. The van der Waals surface area contributed by atoms with Crippen LogP contribution in [0.2, 0.25) is 5.02 Å². The maximum atomic E-state index is 10.7. The molecule has 0 bridgehead atoms. The van der Waals surface area contributed by atoms with Crippen molar-refractivity contribution < 1.29 is 9.90 Å². The molecule has 0 saturated carbocycles. The Kier molecular flexibility index (Phi) is 2.84. The van der Waals surface area contributed by atoms with Crippen molar-refractivity contribution in [2.24, 2.45) is 0 Å². The normalized spacial score (nSPS) is 12.6. The fraction of sp³-hybridized carbons (Fsp3) is 0.222. The maximum Gasteiger partial charge on any atom is 0.162 e. The molecule has 0 fully saturated rings. The van der Waals surface area contributed by atoms with Gasteiger partial charge in [-0.15, -0.1) is 0 Å². The summed E-state index contributed by atoms with van der Waals surface area (Å²) in [6.07, 6.45) is -1.03. The Morgan fingerprint density at radius 2 is 1.92 bits per heavy atom. The number of aliphatic hydroxyl groups excluding tert-OH is 1. The van der Waals surface area contributed by atoms with Gasteiger partial charge in [0.15, 0.2) is 5.78 Å². The molecular weight excluding hydrogens is 176 g/mol. The molecule has 0 amide bonds. The van der Waals surface area contributed by atoms with Crippen LogP contribution in [-0.2, 0) is 4.79 Å². The van der Waals surface area contributed by atoms with E-state index in [4.69, 9.17) is 11.6 Å².